The number of hydrogen-bond donors (Lipinski definition) is 4. The molecule has 5 heteroatoms. The molecular formula is C10H21NO4. The molecule has 1 aliphatic heterocycles. The Kier molecular flexibility index (Phi) is 4.34. The molecule has 1 unspecified atom stereocenters. The van der Waals surface area contributed by atoms with Crippen molar-refractivity contribution in [1.82, 2.24) is 4.90 Å². The SMILES string of the molecule is [2H]C(CCC)N1C[C@H](O)[C@@H](O)[C@H](O)[C@H]1CO. The van der Waals surface area contributed by atoms with Crippen molar-refractivity contribution in [2.75, 3.05) is 19.7 Å². The largest absolute Gasteiger partial charge is 0.395 e. The molecule has 5 atom stereocenters. The van der Waals surface area contributed by atoms with Gasteiger partial charge in [-0.1, -0.05) is 13.3 Å². The normalized spacial score (nSPS) is 41.3. The first-order valence-electron chi connectivity index (χ1n) is 5.93. The van der Waals surface area contributed by atoms with E-state index in [1.54, 1.807) is 4.90 Å². The number of likely N-dealkylation sites (tertiary alicyclic amines) is 1. The van der Waals surface area contributed by atoms with Crippen molar-refractivity contribution in [1.29, 1.82) is 0 Å². The number of hydrogen-bond acceptors (Lipinski definition) is 5. The summed E-state index contributed by atoms with van der Waals surface area (Å²) in [5.41, 5.74) is 0. The van der Waals surface area contributed by atoms with E-state index in [9.17, 15) is 20.4 Å². The highest BCUT2D eigenvalue weighted by molar-refractivity contribution is 4.93. The summed E-state index contributed by atoms with van der Waals surface area (Å²) < 4.78 is 7.86. The Morgan fingerprint density at radius 3 is 2.53 bits per heavy atom. The fraction of sp³-hybridized carbons (Fsp3) is 1.00. The van der Waals surface area contributed by atoms with Gasteiger partial charge in [-0.25, -0.2) is 0 Å². The third kappa shape index (κ3) is 2.89. The standard InChI is InChI=1S/C10H21NO4/c1-2-3-4-11-5-8(13)10(15)9(14)7(11)6-12/h7-10,12-15H,2-6H2,1H3/t7-,8+,9-,10-/m1/s1/i4D/t4?,7-,8+,9-,10-. The summed E-state index contributed by atoms with van der Waals surface area (Å²) in [7, 11) is 0. The van der Waals surface area contributed by atoms with Gasteiger partial charge in [-0.05, 0) is 12.9 Å². The molecule has 0 spiro atoms. The van der Waals surface area contributed by atoms with E-state index in [0.717, 1.165) is 6.42 Å². The van der Waals surface area contributed by atoms with Crippen LogP contribution in [-0.4, -0.2) is 69.4 Å². The van der Waals surface area contributed by atoms with Gasteiger partial charge in [0.1, 0.15) is 12.2 Å². The highest BCUT2D eigenvalue weighted by Gasteiger charge is 2.40. The van der Waals surface area contributed by atoms with Crippen LogP contribution in [0.1, 0.15) is 21.1 Å². The van der Waals surface area contributed by atoms with Crippen molar-refractivity contribution in [3.8, 4) is 0 Å². The van der Waals surface area contributed by atoms with Crippen molar-refractivity contribution in [2.45, 2.75) is 44.1 Å². The van der Waals surface area contributed by atoms with Gasteiger partial charge in [-0.2, -0.15) is 0 Å². The van der Waals surface area contributed by atoms with Crippen LogP contribution < -0.4 is 0 Å². The van der Waals surface area contributed by atoms with Gasteiger partial charge in [-0.15, -0.1) is 0 Å². The van der Waals surface area contributed by atoms with Crippen LogP contribution in [0.3, 0.4) is 0 Å². The molecule has 90 valence electrons. The zero-order valence-electron chi connectivity index (χ0n) is 9.95. The van der Waals surface area contributed by atoms with Crippen molar-refractivity contribution >= 4 is 0 Å². The molecule has 5 nitrogen and oxygen atoms in total. The first-order chi connectivity index (χ1) is 7.52. The van der Waals surface area contributed by atoms with Gasteiger partial charge in [0.2, 0.25) is 0 Å². The lowest BCUT2D eigenvalue weighted by Gasteiger charge is -2.43. The Hall–Kier alpha value is -0.200. The van der Waals surface area contributed by atoms with Crippen LogP contribution in [0.25, 0.3) is 0 Å². The summed E-state index contributed by atoms with van der Waals surface area (Å²) >= 11 is 0. The van der Waals surface area contributed by atoms with Crippen molar-refractivity contribution < 1.29 is 21.8 Å². The van der Waals surface area contributed by atoms with Crippen LogP contribution in [-0.2, 0) is 0 Å². The molecule has 1 fully saturated rings. The average Bonchev–Trinajstić information content (AvgIpc) is 2.26. The number of aliphatic hydroxyl groups excluding tert-OH is 4. The second kappa shape index (κ2) is 5.77. The zero-order valence-corrected chi connectivity index (χ0v) is 8.95. The molecule has 1 aliphatic rings. The van der Waals surface area contributed by atoms with E-state index in [2.05, 4.69) is 0 Å². The maximum Gasteiger partial charge on any atom is 0.109 e. The molecule has 1 rings (SSSR count). The molecule has 0 saturated carbocycles. The Morgan fingerprint density at radius 2 is 2.00 bits per heavy atom. The van der Waals surface area contributed by atoms with Gasteiger partial charge in [0.25, 0.3) is 0 Å². The molecule has 0 aromatic carbocycles. The van der Waals surface area contributed by atoms with E-state index >= 15 is 0 Å². The third-order valence-electron chi connectivity index (χ3n) is 2.80. The van der Waals surface area contributed by atoms with Gasteiger partial charge in [0.05, 0.1) is 18.8 Å². The average molecular weight is 220 g/mol. The summed E-state index contributed by atoms with van der Waals surface area (Å²) in [4.78, 5) is 1.55. The third-order valence-corrected chi connectivity index (χ3v) is 2.80. The lowest BCUT2D eigenvalue weighted by molar-refractivity contribution is -0.145. The monoisotopic (exact) mass is 220 g/mol. The molecule has 0 bridgehead atoms. The molecule has 0 aliphatic carbocycles. The molecule has 1 heterocycles. The lowest BCUT2D eigenvalue weighted by atomic mass is 9.94. The van der Waals surface area contributed by atoms with E-state index in [0.29, 0.717) is 6.42 Å². The molecule has 0 radical (unpaired) electrons. The van der Waals surface area contributed by atoms with Crippen LogP contribution in [0.2, 0.25) is 0 Å². The Balaban J connectivity index is 2.74. The number of nitrogens with zero attached hydrogens (tertiary/aromatic N) is 1. The highest BCUT2D eigenvalue weighted by atomic mass is 16.4. The lowest BCUT2D eigenvalue weighted by Crippen LogP contribution is -2.62. The molecule has 1 saturated heterocycles. The zero-order chi connectivity index (χ0) is 12.3. The van der Waals surface area contributed by atoms with Crippen LogP contribution in [0.5, 0.6) is 0 Å². The molecular weight excluding hydrogens is 198 g/mol. The molecule has 4 N–H and O–H groups in total. The quantitative estimate of drug-likeness (QED) is 0.466. The highest BCUT2D eigenvalue weighted by Crippen LogP contribution is 2.19. The summed E-state index contributed by atoms with van der Waals surface area (Å²) in [6.07, 6.45) is -2.10. The second-order valence-corrected chi connectivity index (χ2v) is 3.97. The topological polar surface area (TPSA) is 84.2 Å². The van der Waals surface area contributed by atoms with Crippen LogP contribution in [0.15, 0.2) is 0 Å². The molecule has 0 aromatic rings. The van der Waals surface area contributed by atoms with E-state index in [4.69, 9.17) is 1.37 Å². The van der Waals surface area contributed by atoms with E-state index in [1.807, 2.05) is 6.92 Å². The van der Waals surface area contributed by atoms with Gasteiger partial charge >= 0.3 is 0 Å². The van der Waals surface area contributed by atoms with Crippen molar-refractivity contribution in [2.24, 2.45) is 0 Å². The molecule has 0 amide bonds. The minimum absolute atomic E-state index is 0.109. The Bertz CT molecular complexity index is 219. The predicted molar refractivity (Wildman–Crippen MR) is 55.4 cm³/mol. The van der Waals surface area contributed by atoms with E-state index in [-0.39, 0.29) is 13.2 Å². The Labute approximate surface area is 91.4 Å². The maximum atomic E-state index is 9.70. The summed E-state index contributed by atoms with van der Waals surface area (Å²) in [6.45, 7) is 1.15. The number of aliphatic hydroxyl groups is 4. The van der Waals surface area contributed by atoms with E-state index < -0.39 is 30.9 Å². The maximum absolute atomic E-state index is 9.70. The van der Waals surface area contributed by atoms with Crippen molar-refractivity contribution in [3.05, 3.63) is 0 Å². The first-order valence-corrected chi connectivity index (χ1v) is 5.36. The first kappa shape index (κ1) is 11.3. The molecule has 0 aromatic heterocycles. The minimum atomic E-state index is -1.25. The van der Waals surface area contributed by atoms with Gasteiger partial charge in [0.15, 0.2) is 0 Å². The molecule has 15 heavy (non-hydrogen) atoms. The van der Waals surface area contributed by atoms with Gasteiger partial charge < -0.3 is 20.4 Å². The number of piperidine rings is 1. The fourth-order valence-electron chi connectivity index (χ4n) is 1.83. The van der Waals surface area contributed by atoms with Crippen LogP contribution >= 0.6 is 0 Å². The Morgan fingerprint density at radius 1 is 1.33 bits per heavy atom. The minimum Gasteiger partial charge on any atom is -0.395 e. The number of β-amino-alcohol motifs (C(OH)–C–C–N with tert-alkyl or cyclic N) is 1. The second-order valence-electron chi connectivity index (χ2n) is 3.97. The predicted octanol–water partition coefficient (Wildman–Crippen LogP) is -1.45. The van der Waals surface area contributed by atoms with Gasteiger partial charge in [-0.3, -0.25) is 4.90 Å². The number of rotatable bonds is 4. The van der Waals surface area contributed by atoms with Crippen LogP contribution in [0, 0.1) is 0 Å². The van der Waals surface area contributed by atoms with Crippen molar-refractivity contribution in [3.63, 3.8) is 0 Å². The summed E-state index contributed by atoms with van der Waals surface area (Å²) in [6, 6.07) is -0.674. The smallest absolute Gasteiger partial charge is 0.109 e. The van der Waals surface area contributed by atoms with E-state index in [1.165, 1.54) is 0 Å². The van der Waals surface area contributed by atoms with Crippen LogP contribution in [0.4, 0.5) is 0 Å². The summed E-state index contributed by atoms with van der Waals surface area (Å²) in [5, 5.41) is 37.9. The van der Waals surface area contributed by atoms with Gasteiger partial charge in [0, 0.05) is 7.92 Å². The summed E-state index contributed by atoms with van der Waals surface area (Å²) in [5.74, 6) is 0. The fourth-order valence-corrected chi connectivity index (χ4v) is 1.83.